The van der Waals surface area contributed by atoms with Crippen LogP contribution in [0.2, 0.25) is 0 Å². The lowest BCUT2D eigenvalue weighted by molar-refractivity contribution is -0.0797. The van der Waals surface area contributed by atoms with Crippen LogP contribution in [-0.2, 0) is 11.8 Å². The van der Waals surface area contributed by atoms with Gasteiger partial charge in [0.05, 0.1) is 23.5 Å². The maximum atomic E-state index is 6.36. The maximum absolute atomic E-state index is 6.36. The van der Waals surface area contributed by atoms with Gasteiger partial charge in [-0.3, -0.25) is 4.68 Å². The lowest BCUT2D eigenvalue weighted by atomic mass is 9.84. The van der Waals surface area contributed by atoms with E-state index in [0.29, 0.717) is 0 Å². The smallest absolute Gasteiger partial charge is 0.0892 e. The van der Waals surface area contributed by atoms with Gasteiger partial charge in [-0.05, 0) is 32.7 Å². The Labute approximate surface area is 128 Å². The Kier molecular flexibility index (Phi) is 6.18. The summed E-state index contributed by atoms with van der Waals surface area (Å²) < 4.78 is 8.24. The minimum Gasteiger partial charge on any atom is -0.373 e. The van der Waals surface area contributed by atoms with Gasteiger partial charge in [-0.1, -0.05) is 37.8 Å². The van der Waals surface area contributed by atoms with E-state index in [2.05, 4.69) is 29.5 Å². The molecule has 0 saturated heterocycles. The van der Waals surface area contributed by atoms with Crippen LogP contribution in [0.5, 0.6) is 0 Å². The molecule has 120 valence electrons. The second-order valence-corrected chi connectivity index (χ2v) is 6.08. The van der Waals surface area contributed by atoms with Gasteiger partial charge in [0, 0.05) is 13.7 Å². The molecule has 0 spiro atoms. The Bertz CT molecular complexity index is 410. The average Bonchev–Trinajstić information content (AvgIpc) is 2.75. The van der Waals surface area contributed by atoms with Crippen LogP contribution in [0.25, 0.3) is 0 Å². The Morgan fingerprint density at radius 3 is 2.52 bits per heavy atom. The Hall–Kier alpha value is -0.940. The molecule has 1 saturated carbocycles. The number of hydrogen-bond donors (Lipinski definition) is 1. The molecule has 1 N–H and O–H groups in total. The third-order valence-corrected chi connectivity index (χ3v) is 4.55. The Morgan fingerprint density at radius 1 is 1.29 bits per heavy atom. The van der Waals surface area contributed by atoms with Gasteiger partial charge in [-0.2, -0.15) is 0 Å². The summed E-state index contributed by atoms with van der Waals surface area (Å²) in [5.74, 6) is 0. The second-order valence-electron chi connectivity index (χ2n) is 6.08. The largest absolute Gasteiger partial charge is 0.373 e. The minimum absolute atomic E-state index is 0.115. The van der Waals surface area contributed by atoms with E-state index >= 15 is 0 Å². The van der Waals surface area contributed by atoms with Gasteiger partial charge in [-0.25, -0.2) is 0 Å². The van der Waals surface area contributed by atoms with Crippen molar-refractivity contribution in [1.29, 1.82) is 0 Å². The van der Waals surface area contributed by atoms with Crippen molar-refractivity contribution in [2.24, 2.45) is 7.05 Å². The molecule has 21 heavy (non-hydrogen) atoms. The van der Waals surface area contributed by atoms with E-state index in [4.69, 9.17) is 4.74 Å². The third kappa shape index (κ3) is 3.83. The van der Waals surface area contributed by atoms with Crippen molar-refractivity contribution in [3.8, 4) is 0 Å². The van der Waals surface area contributed by atoms with Crippen LogP contribution in [0.3, 0.4) is 0 Å². The predicted octanol–water partition coefficient (Wildman–Crippen LogP) is 2.99. The average molecular weight is 294 g/mol. The van der Waals surface area contributed by atoms with Crippen molar-refractivity contribution in [3.05, 3.63) is 11.9 Å². The van der Waals surface area contributed by atoms with Crippen LogP contribution in [0, 0.1) is 0 Å². The van der Waals surface area contributed by atoms with E-state index in [-0.39, 0.29) is 11.6 Å². The number of rotatable bonds is 7. The molecular weight excluding hydrogens is 264 g/mol. The third-order valence-electron chi connectivity index (χ3n) is 4.55. The molecule has 1 unspecified atom stereocenters. The zero-order chi connectivity index (χ0) is 15.1. The first-order chi connectivity index (χ1) is 10.2. The highest BCUT2D eigenvalue weighted by Crippen LogP contribution is 2.40. The molecular formula is C16H30N4O. The van der Waals surface area contributed by atoms with Crippen LogP contribution in [0.1, 0.15) is 70.5 Å². The highest BCUT2D eigenvalue weighted by Gasteiger charge is 2.41. The quantitative estimate of drug-likeness (QED) is 0.786. The van der Waals surface area contributed by atoms with Crippen molar-refractivity contribution in [3.63, 3.8) is 0 Å². The number of nitrogens with one attached hydrogen (secondary N) is 1. The van der Waals surface area contributed by atoms with Crippen LogP contribution in [-0.4, -0.2) is 33.7 Å². The van der Waals surface area contributed by atoms with Crippen LogP contribution >= 0.6 is 0 Å². The van der Waals surface area contributed by atoms with Crippen LogP contribution < -0.4 is 5.32 Å². The van der Waals surface area contributed by atoms with Gasteiger partial charge < -0.3 is 10.1 Å². The summed E-state index contributed by atoms with van der Waals surface area (Å²) in [7, 11) is 1.97. The number of nitrogens with zero attached hydrogens (tertiary/aromatic N) is 3. The first kappa shape index (κ1) is 16.4. The predicted molar refractivity (Wildman–Crippen MR) is 84.1 cm³/mol. The van der Waals surface area contributed by atoms with E-state index < -0.39 is 0 Å². The summed E-state index contributed by atoms with van der Waals surface area (Å²) in [6.45, 7) is 6.05. The summed E-state index contributed by atoms with van der Waals surface area (Å²) in [6.07, 6.45) is 10.4. The molecule has 1 atom stereocenters. The molecule has 2 rings (SSSR count). The van der Waals surface area contributed by atoms with E-state index in [9.17, 15) is 0 Å². The monoisotopic (exact) mass is 294 g/mol. The van der Waals surface area contributed by atoms with E-state index in [1.807, 2.05) is 17.9 Å². The molecule has 1 aliphatic carbocycles. The molecule has 0 bridgehead atoms. The standard InChI is InChI=1S/C16H30N4O/c1-4-12-17-15(14-13-18-19-20(14)3)16(21-5-2)10-8-6-7-9-11-16/h13,15,17H,4-12H2,1-3H3. The fourth-order valence-electron chi connectivity index (χ4n) is 3.54. The van der Waals surface area contributed by atoms with Gasteiger partial charge in [0.2, 0.25) is 0 Å². The van der Waals surface area contributed by atoms with Crippen molar-refractivity contribution in [2.75, 3.05) is 13.2 Å². The first-order valence-corrected chi connectivity index (χ1v) is 8.45. The molecule has 0 amide bonds. The number of ether oxygens (including phenoxy) is 1. The highest BCUT2D eigenvalue weighted by atomic mass is 16.5. The zero-order valence-electron chi connectivity index (χ0n) is 13.8. The second kappa shape index (κ2) is 7.90. The molecule has 1 aromatic heterocycles. The molecule has 1 heterocycles. The molecule has 5 nitrogen and oxygen atoms in total. The van der Waals surface area contributed by atoms with Crippen molar-refractivity contribution in [2.45, 2.75) is 70.4 Å². The van der Waals surface area contributed by atoms with Gasteiger partial charge in [0.25, 0.3) is 0 Å². The van der Waals surface area contributed by atoms with Gasteiger partial charge >= 0.3 is 0 Å². The summed E-state index contributed by atoms with van der Waals surface area (Å²) in [5.41, 5.74) is 1.02. The van der Waals surface area contributed by atoms with Crippen molar-refractivity contribution in [1.82, 2.24) is 20.3 Å². The van der Waals surface area contributed by atoms with Crippen molar-refractivity contribution < 1.29 is 4.74 Å². The van der Waals surface area contributed by atoms with Gasteiger partial charge in [-0.15, -0.1) is 5.10 Å². The van der Waals surface area contributed by atoms with Crippen LogP contribution in [0.15, 0.2) is 6.20 Å². The van der Waals surface area contributed by atoms with E-state index in [1.54, 1.807) is 0 Å². The number of aryl methyl sites for hydroxylation is 1. The number of hydrogen-bond acceptors (Lipinski definition) is 4. The van der Waals surface area contributed by atoms with E-state index in [0.717, 1.165) is 38.1 Å². The van der Waals surface area contributed by atoms with Crippen molar-refractivity contribution >= 4 is 0 Å². The minimum atomic E-state index is -0.115. The van der Waals surface area contributed by atoms with E-state index in [1.165, 1.54) is 25.7 Å². The highest BCUT2D eigenvalue weighted by molar-refractivity contribution is 5.11. The zero-order valence-corrected chi connectivity index (χ0v) is 13.8. The molecule has 0 aromatic carbocycles. The molecule has 1 aliphatic rings. The van der Waals surface area contributed by atoms with Gasteiger partial charge in [0.1, 0.15) is 0 Å². The maximum Gasteiger partial charge on any atom is 0.0892 e. The fraction of sp³-hybridized carbons (Fsp3) is 0.875. The molecule has 5 heteroatoms. The first-order valence-electron chi connectivity index (χ1n) is 8.45. The Balaban J connectivity index is 2.31. The lowest BCUT2D eigenvalue weighted by Gasteiger charge is -2.40. The summed E-state index contributed by atoms with van der Waals surface area (Å²) >= 11 is 0. The summed E-state index contributed by atoms with van der Waals surface area (Å²) in [6, 6.07) is 0.176. The molecule has 1 fully saturated rings. The normalized spacial score (nSPS) is 20.1. The molecule has 0 radical (unpaired) electrons. The number of aromatic nitrogens is 3. The summed E-state index contributed by atoms with van der Waals surface area (Å²) in [4.78, 5) is 0. The molecule has 0 aliphatic heterocycles. The fourth-order valence-corrected chi connectivity index (χ4v) is 3.54. The molecule has 1 aromatic rings. The van der Waals surface area contributed by atoms with Crippen LogP contribution in [0.4, 0.5) is 0 Å². The van der Waals surface area contributed by atoms with Gasteiger partial charge in [0.15, 0.2) is 0 Å². The Morgan fingerprint density at radius 2 is 2.00 bits per heavy atom. The summed E-state index contributed by atoms with van der Waals surface area (Å²) in [5, 5.41) is 11.9. The SMILES string of the molecule is CCCNC(c1cnnn1C)C1(OCC)CCCCCC1. The lowest BCUT2D eigenvalue weighted by Crippen LogP contribution is -2.47. The topological polar surface area (TPSA) is 52.0 Å².